The van der Waals surface area contributed by atoms with Crippen molar-refractivity contribution in [3.63, 3.8) is 0 Å². The lowest BCUT2D eigenvalue weighted by Gasteiger charge is -2.19. The monoisotopic (exact) mass is 395 g/mol. The average Bonchev–Trinajstić information content (AvgIpc) is 3.14. The molecular weight excluding hydrogens is 377 g/mol. The van der Waals surface area contributed by atoms with Crippen LogP contribution in [0, 0.1) is 10.1 Å². The number of carbonyl (C=O) groups is 1. The average molecular weight is 395 g/mol. The Bertz CT molecular complexity index is 863. The Kier molecular flexibility index (Phi) is 6.89. The smallest absolute Gasteiger partial charge is 0.433 e. The molecule has 0 amide bonds. The van der Waals surface area contributed by atoms with Crippen molar-refractivity contribution in [1.82, 2.24) is 5.09 Å². The van der Waals surface area contributed by atoms with Crippen LogP contribution in [-0.4, -0.2) is 24.5 Å². The molecule has 0 spiro atoms. The highest BCUT2D eigenvalue weighted by Gasteiger charge is 2.23. The summed E-state index contributed by atoms with van der Waals surface area (Å²) in [4.78, 5) is 21.6. The lowest BCUT2D eigenvalue weighted by molar-refractivity contribution is -0.402. The molecule has 2 N–H and O–H groups in total. The van der Waals surface area contributed by atoms with Crippen molar-refractivity contribution in [2.45, 2.75) is 6.61 Å². The molecule has 2 aromatic rings. The van der Waals surface area contributed by atoms with E-state index in [1.807, 2.05) is 0 Å². The lowest BCUT2D eigenvalue weighted by atomic mass is 10.2. The topological polar surface area (TPSA) is 133 Å². The van der Waals surface area contributed by atoms with E-state index in [4.69, 9.17) is 13.7 Å². The molecule has 144 valence electrons. The molecule has 1 unspecified atom stereocenters. The van der Waals surface area contributed by atoms with Crippen LogP contribution < -0.4 is 10.2 Å². The van der Waals surface area contributed by atoms with Crippen LogP contribution in [0.25, 0.3) is 0 Å². The molecule has 10 nitrogen and oxygen atoms in total. The minimum atomic E-state index is -3.52. The summed E-state index contributed by atoms with van der Waals surface area (Å²) in [7, 11) is -2.09. The van der Waals surface area contributed by atoms with Gasteiger partial charge in [-0.05, 0) is 37.4 Å². The summed E-state index contributed by atoms with van der Waals surface area (Å²) in [6.45, 7) is 3.32. The summed E-state index contributed by atoms with van der Waals surface area (Å²) in [5.41, 5.74) is 0.754. The third-order valence-electron chi connectivity index (χ3n) is 3.24. The van der Waals surface area contributed by atoms with Gasteiger partial charge in [0.2, 0.25) is 0 Å². The van der Waals surface area contributed by atoms with E-state index in [9.17, 15) is 19.5 Å². The van der Waals surface area contributed by atoms with Crippen LogP contribution in [0.5, 0.6) is 0 Å². The van der Waals surface area contributed by atoms with E-state index in [-0.39, 0.29) is 19.0 Å². The second-order valence-electron chi connectivity index (χ2n) is 5.12. The van der Waals surface area contributed by atoms with Crippen LogP contribution in [0.3, 0.4) is 0 Å². The fourth-order valence-electron chi connectivity index (χ4n) is 1.92. The number of nitrogens with zero attached hydrogens (tertiary/aromatic N) is 1. The lowest BCUT2D eigenvalue weighted by Crippen LogP contribution is -2.14. The standard InChI is InChI=1S/C16H18N3O7P/c1-3-10-24-16(20)12-4-6-13(7-5-12)18-27(23,17-2)25-11-14-8-9-15(26-14)19(21)22/h3-9H,1,10-11H2,2H3,(H2,17,18,23). The van der Waals surface area contributed by atoms with E-state index >= 15 is 0 Å². The predicted molar refractivity (Wildman–Crippen MR) is 97.4 cm³/mol. The first kappa shape index (κ1) is 20.4. The Labute approximate surface area is 154 Å². The maximum absolute atomic E-state index is 12.7. The molecule has 0 aliphatic rings. The summed E-state index contributed by atoms with van der Waals surface area (Å²) in [6, 6.07) is 8.63. The molecule has 27 heavy (non-hydrogen) atoms. The normalized spacial score (nSPS) is 12.8. The van der Waals surface area contributed by atoms with Crippen molar-refractivity contribution >= 4 is 25.2 Å². The van der Waals surface area contributed by atoms with Crippen molar-refractivity contribution in [3.05, 3.63) is 70.5 Å². The number of carbonyl (C=O) groups excluding carboxylic acids is 1. The fourth-order valence-corrected chi connectivity index (χ4v) is 3.02. The molecule has 0 aliphatic heterocycles. The quantitative estimate of drug-likeness (QED) is 0.204. The number of rotatable bonds is 10. The van der Waals surface area contributed by atoms with E-state index in [1.54, 1.807) is 0 Å². The van der Waals surface area contributed by atoms with Crippen molar-refractivity contribution < 1.29 is 28.0 Å². The van der Waals surface area contributed by atoms with Gasteiger partial charge in [-0.25, -0.2) is 14.4 Å². The van der Waals surface area contributed by atoms with Gasteiger partial charge < -0.3 is 14.2 Å². The van der Waals surface area contributed by atoms with Crippen LogP contribution in [0.4, 0.5) is 11.6 Å². The highest BCUT2D eigenvalue weighted by atomic mass is 31.2. The molecule has 2 rings (SSSR count). The van der Waals surface area contributed by atoms with E-state index in [1.165, 1.54) is 49.5 Å². The van der Waals surface area contributed by atoms with Gasteiger partial charge in [-0.2, -0.15) is 0 Å². The number of furan rings is 1. The molecule has 1 atom stereocenters. The minimum Gasteiger partial charge on any atom is -0.458 e. The van der Waals surface area contributed by atoms with Crippen LogP contribution >= 0.6 is 7.67 Å². The first-order valence-corrected chi connectivity index (χ1v) is 9.32. The number of hydrogen-bond acceptors (Lipinski definition) is 7. The van der Waals surface area contributed by atoms with Gasteiger partial charge in [0.25, 0.3) is 0 Å². The molecular formula is C16H18N3O7P. The largest absolute Gasteiger partial charge is 0.458 e. The number of nitrogens with one attached hydrogen (secondary N) is 2. The first-order valence-electron chi connectivity index (χ1n) is 7.70. The van der Waals surface area contributed by atoms with Gasteiger partial charge in [0.1, 0.15) is 23.9 Å². The highest BCUT2D eigenvalue weighted by molar-refractivity contribution is 7.58. The van der Waals surface area contributed by atoms with Gasteiger partial charge in [-0.15, -0.1) is 0 Å². The van der Waals surface area contributed by atoms with Crippen LogP contribution in [0.15, 0.2) is 53.5 Å². The van der Waals surface area contributed by atoms with E-state index in [0.29, 0.717) is 11.3 Å². The Balaban J connectivity index is 1.99. The molecule has 0 bridgehead atoms. The second-order valence-corrected chi connectivity index (χ2v) is 7.15. The van der Waals surface area contributed by atoms with Gasteiger partial charge in [0, 0.05) is 5.69 Å². The van der Waals surface area contributed by atoms with Gasteiger partial charge in [-0.1, -0.05) is 12.7 Å². The summed E-state index contributed by atoms with van der Waals surface area (Å²) < 4.78 is 27.9. The van der Waals surface area contributed by atoms with Gasteiger partial charge >= 0.3 is 19.5 Å². The Morgan fingerprint density at radius 3 is 2.59 bits per heavy atom. The SMILES string of the molecule is C=CCOC(=O)c1ccc(NP(=O)(NC)OCc2ccc([N+](=O)[O-])o2)cc1. The summed E-state index contributed by atoms with van der Waals surface area (Å²) in [5, 5.41) is 15.8. The van der Waals surface area contributed by atoms with Crippen molar-refractivity contribution in [2.75, 3.05) is 18.7 Å². The Morgan fingerprint density at radius 2 is 2.04 bits per heavy atom. The second kappa shape index (κ2) is 9.13. The first-order chi connectivity index (χ1) is 12.9. The van der Waals surface area contributed by atoms with Gasteiger partial charge in [-0.3, -0.25) is 14.6 Å². The number of hydrogen-bond donors (Lipinski definition) is 2. The molecule has 0 fully saturated rings. The number of esters is 1. The van der Waals surface area contributed by atoms with Gasteiger partial charge in [0.15, 0.2) is 0 Å². The fraction of sp³-hybridized carbons (Fsp3) is 0.188. The van der Waals surface area contributed by atoms with Crippen LogP contribution in [0.2, 0.25) is 0 Å². The zero-order chi connectivity index (χ0) is 19.9. The third-order valence-corrected chi connectivity index (χ3v) is 4.87. The maximum atomic E-state index is 12.7. The van der Waals surface area contributed by atoms with Crippen LogP contribution in [0.1, 0.15) is 16.1 Å². The van der Waals surface area contributed by atoms with Crippen molar-refractivity contribution in [1.29, 1.82) is 0 Å². The van der Waals surface area contributed by atoms with Crippen LogP contribution in [-0.2, 0) is 20.4 Å². The molecule has 1 aromatic heterocycles. The summed E-state index contributed by atoms with van der Waals surface area (Å²) in [6.07, 6.45) is 1.46. The molecule has 0 aliphatic carbocycles. The molecule has 1 heterocycles. The zero-order valence-electron chi connectivity index (χ0n) is 14.4. The molecule has 11 heteroatoms. The Hall–Kier alpha value is -2.94. The number of anilines is 1. The van der Waals surface area contributed by atoms with E-state index in [0.717, 1.165) is 0 Å². The van der Waals surface area contributed by atoms with Gasteiger partial charge in [0.05, 0.1) is 11.6 Å². The van der Waals surface area contributed by atoms with E-state index < -0.39 is 24.4 Å². The maximum Gasteiger partial charge on any atom is 0.433 e. The highest BCUT2D eigenvalue weighted by Crippen LogP contribution is 2.42. The Morgan fingerprint density at radius 1 is 1.33 bits per heavy atom. The number of ether oxygens (including phenoxy) is 1. The molecule has 1 aromatic carbocycles. The number of benzene rings is 1. The minimum absolute atomic E-state index is 0.104. The molecule has 0 saturated heterocycles. The molecule has 0 radical (unpaired) electrons. The zero-order valence-corrected chi connectivity index (χ0v) is 15.3. The molecule has 0 saturated carbocycles. The van der Waals surface area contributed by atoms with E-state index in [2.05, 4.69) is 16.8 Å². The number of nitro groups is 1. The summed E-state index contributed by atoms with van der Waals surface area (Å²) in [5.74, 6) is -0.784. The summed E-state index contributed by atoms with van der Waals surface area (Å²) >= 11 is 0. The van der Waals surface area contributed by atoms with Crippen molar-refractivity contribution in [3.8, 4) is 0 Å². The third kappa shape index (κ3) is 5.78. The predicted octanol–water partition coefficient (Wildman–Crippen LogP) is 3.49. The van der Waals surface area contributed by atoms with Crippen molar-refractivity contribution in [2.24, 2.45) is 0 Å².